The third kappa shape index (κ3) is 4.01. The average molecular weight is 368 g/mol. The molecule has 1 aliphatic carbocycles. The van der Waals surface area contributed by atoms with Crippen molar-refractivity contribution in [3.05, 3.63) is 15.4 Å². The molecule has 1 fully saturated rings. The Hall–Kier alpha value is 0.0500. The van der Waals surface area contributed by atoms with Crippen LogP contribution >= 0.6 is 27.3 Å². The van der Waals surface area contributed by atoms with Gasteiger partial charge < -0.3 is 5.11 Å². The average Bonchev–Trinajstić information content (AvgIpc) is 2.68. The maximum Gasteiger partial charge on any atom is 0.250 e. The van der Waals surface area contributed by atoms with Gasteiger partial charge in [-0.2, -0.15) is 0 Å². The smallest absolute Gasteiger partial charge is 0.250 e. The molecule has 2 atom stereocenters. The summed E-state index contributed by atoms with van der Waals surface area (Å²) in [5.74, 6) is 0.239. The van der Waals surface area contributed by atoms with E-state index < -0.39 is 10.0 Å². The van der Waals surface area contributed by atoms with Gasteiger partial charge in [0, 0.05) is 6.54 Å². The maximum atomic E-state index is 12.1. The van der Waals surface area contributed by atoms with Crippen LogP contribution in [0.15, 0.2) is 14.1 Å². The van der Waals surface area contributed by atoms with E-state index in [0.29, 0.717) is 17.2 Å². The number of halogens is 1. The van der Waals surface area contributed by atoms with Crippen LogP contribution in [0.1, 0.15) is 31.2 Å². The monoisotopic (exact) mass is 367 g/mol. The highest BCUT2D eigenvalue weighted by molar-refractivity contribution is 9.11. The van der Waals surface area contributed by atoms with Crippen molar-refractivity contribution in [1.82, 2.24) is 4.72 Å². The van der Waals surface area contributed by atoms with Crippen LogP contribution in [0.2, 0.25) is 0 Å². The molecule has 1 saturated carbocycles. The van der Waals surface area contributed by atoms with Crippen LogP contribution in [0.25, 0.3) is 0 Å². The van der Waals surface area contributed by atoms with Gasteiger partial charge in [0.1, 0.15) is 4.21 Å². The van der Waals surface area contributed by atoms with Crippen molar-refractivity contribution in [3.8, 4) is 0 Å². The van der Waals surface area contributed by atoms with Crippen molar-refractivity contribution in [2.75, 3.05) is 6.54 Å². The molecular weight excluding hydrogens is 350 g/mol. The van der Waals surface area contributed by atoms with Crippen LogP contribution in [0, 0.1) is 12.8 Å². The van der Waals surface area contributed by atoms with E-state index in [1.54, 1.807) is 6.07 Å². The van der Waals surface area contributed by atoms with Crippen molar-refractivity contribution in [2.45, 2.75) is 42.9 Å². The quantitative estimate of drug-likeness (QED) is 0.859. The number of aliphatic hydroxyl groups is 1. The van der Waals surface area contributed by atoms with Gasteiger partial charge in [0.05, 0.1) is 9.89 Å². The molecule has 0 radical (unpaired) electrons. The van der Waals surface area contributed by atoms with Crippen LogP contribution < -0.4 is 4.72 Å². The first-order chi connectivity index (χ1) is 8.88. The first-order valence-corrected chi connectivity index (χ1v) is 9.41. The van der Waals surface area contributed by atoms with E-state index in [9.17, 15) is 13.5 Å². The second-order valence-corrected chi connectivity index (χ2v) is 9.42. The second kappa shape index (κ2) is 6.22. The Balaban J connectivity index is 1.98. The second-order valence-electron chi connectivity index (χ2n) is 5.06. The van der Waals surface area contributed by atoms with Gasteiger partial charge in [0.15, 0.2) is 0 Å². The van der Waals surface area contributed by atoms with E-state index in [4.69, 9.17) is 0 Å². The van der Waals surface area contributed by atoms with Gasteiger partial charge in [-0.15, -0.1) is 11.3 Å². The van der Waals surface area contributed by atoms with Gasteiger partial charge in [-0.05, 0) is 59.7 Å². The molecule has 1 aromatic rings. The first-order valence-electron chi connectivity index (χ1n) is 6.32. The third-order valence-electron chi connectivity index (χ3n) is 3.42. The lowest BCUT2D eigenvalue weighted by atomic mass is 9.87. The summed E-state index contributed by atoms with van der Waals surface area (Å²) in [4.78, 5) is 0. The van der Waals surface area contributed by atoms with Crippen molar-refractivity contribution in [1.29, 1.82) is 0 Å². The number of aryl methyl sites for hydroxylation is 1. The lowest BCUT2D eigenvalue weighted by molar-refractivity contribution is 0.102. The topological polar surface area (TPSA) is 66.4 Å². The van der Waals surface area contributed by atoms with Crippen LogP contribution in [0.3, 0.4) is 0 Å². The molecule has 0 aliphatic heterocycles. The predicted octanol–water partition coefficient (Wildman–Crippen LogP) is 2.65. The number of sulfonamides is 1. The summed E-state index contributed by atoms with van der Waals surface area (Å²) in [5, 5.41) is 9.58. The Morgan fingerprint density at radius 3 is 2.84 bits per heavy atom. The molecule has 4 nitrogen and oxygen atoms in total. The summed E-state index contributed by atoms with van der Waals surface area (Å²) in [6.07, 6.45) is 3.20. The number of aliphatic hydroxyl groups excluding tert-OH is 1. The van der Waals surface area contributed by atoms with Crippen molar-refractivity contribution in [2.24, 2.45) is 5.92 Å². The van der Waals surface area contributed by atoms with Gasteiger partial charge in [0.2, 0.25) is 10.0 Å². The molecule has 108 valence electrons. The van der Waals surface area contributed by atoms with E-state index in [1.807, 2.05) is 6.92 Å². The standard InChI is InChI=1S/C12H18BrNO3S2/c1-8-5-11(18-12(8)13)19(16,17)14-7-9-3-2-4-10(15)6-9/h5,9-10,14-15H,2-4,6-7H2,1H3. The summed E-state index contributed by atoms with van der Waals surface area (Å²) in [6, 6.07) is 1.67. The number of thiophene rings is 1. The summed E-state index contributed by atoms with van der Waals surface area (Å²) in [5.41, 5.74) is 0.929. The largest absolute Gasteiger partial charge is 0.393 e. The van der Waals surface area contributed by atoms with Crippen LogP contribution in [-0.4, -0.2) is 26.2 Å². The van der Waals surface area contributed by atoms with Crippen molar-refractivity contribution < 1.29 is 13.5 Å². The van der Waals surface area contributed by atoms with Gasteiger partial charge >= 0.3 is 0 Å². The highest BCUT2D eigenvalue weighted by Gasteiger charge is 2.23. The maximum absolute atomic E-state index is 12.1. The van der Waals surface area contributed by atoms with Gasteiger partial charge in [-0.1, -0.05) is 6.42 Å². The molecule has 2 N–H and O–H groups in total. The number of hydrogen-bond donors (Lipinski definition) is 2. The molecule has 1 aliphatic rings. The molecular formula is C12H18BrNO3S2. The molecule has 7 heteroatoms. The zero-order chi connectivity index (χ0) is 14.0. The number of rotatable bonds is 4. The SMILES string of the molecule is Cc1cc(S(=O)(=O)NCC2CCCC(O)C2)sc1Br. The Morgan fingerprint density at radius 2 is 2.26 bits per heavy atom. The zero-order valence-electron chi connectivity index (χ0n) is 10.7. The molecule has 2 unspecified atom stereocenters. The lowest BCUT2D eigenvalue weighted by Gasteiger charge is -2.25. The van der Waals surface area contributed by atoms with Crippen LogP contribution in [0.5, 0.6) is 0 Å². The molecule has 1 heterocycles. The number of nitrogens with one attached hydrogen (secondary N) is 1. The molecule has 1 aromatic heterocycles. The van der Waals surface area contributed by atoms with E-state index in [2.05, 4.69) is 20.7 Å². The fraction of sp³-hybridized carbons (Fsp3) is 0.667. The van der Waals surface area contributed by atoms with E-state index in [0.717, 1.165) is 28.6 Å². The summed E-state index contributed by atoms with van der Waals surface area (Å²) in [7, 11) is -3.42. The minimum Gasteiger partial charge on any atom is -0.393 e. The van der Waals surface area contributed by atoms with Gasteiger partial charge in [0.25, 0.3) is 0 Å². The molecule has 0 bridgehead atoms. The third-order valence-corrected chi connectivity index (χ3v) is 7.45. The lowest BCUT2D eigenvalue weighted by Crippen LogP contribution is -2.32. The normalized spacial score (nSPS) is 24.6. The molecule has 0 spiro atoms. The molecule has 2 rings (SSSR count). The van der Waals surface area contributed by atoms with E-state index >= 15 is 0 Å². The Labute approximate surface area is 126 Å². The number of hydrogen-bond acceptors (Lipinski definition) is 4. The van der Waals surface area contributed by atoms with Crippen molar-refractivity contribution in [3.63, 3.8) is 0 Å². The summed E-state index contributed by atoms with van der Waals surface area (Å²) >= 11 is 4.56. The molecule has 0 amide bonds. The van der Waals surface area contributed by atoms with Crippen molar-refractivity contribution >= 4 is 37.3 Å². The van der Waals surface area contributed by atoms with Gasteiger partial charge in [-0.3, -0.25) is 0 Å². The Morgan fingerprint density at radius 1 is 1.53 bits per heavy atom. The van der Waals surface area contributed by atoms with E-state index in [1.165, 1.54) is 11.3 Å². The minimum absolute atomic E-state index is 0.239. The van der Waals surface area contributed by atoms with Gasteiger partial charge in [-0.25, -0.2) is 13.1 Å². The first kappa shape index (κ1) is 15.4. The fourth-order valence-electron chi connectivity index (χ4n) is 2.31. The summed E-state index contributed by atoms with van der Waals surface area (Å²) in [6.45, 7) is 2.28. The predicted molar refractivity (Wildman–Crippen MR) is 79.9 cm³/mol. The Bertz CT molecular complexity index is 522. The molecule has 0 aromatic carbocycles. The fourth-order valence-corrected chi connectivity index (χ4v) is 5.70. The Kier molecular flexibility index (Phi) is 5.05. The van der Waals surface area contributed by atoms with E-state index in [-0.39, 0.29) is 12.0 Å². The molecule has 0 saturated heterocycles. The summed E-state index contributed by atoms with van der Waals surface area (Å²) < 4.78 is 28.1. The van der Waals surface area contributed by atoms with Crippen LogP contribution in [0.4, 0.5) is 0 Å². The van der Waals surface area contributed by atoms with Crippen LogP contribution in [-0.2, 0) is 10.0 Å². The zero-order valence-corrected chi connectivity index (χ0v) is 13.9. The molecule has 19 heavy (non-hydrogen) atoms. The highest BCUT2D eigenvalue weighted by Crippen LogP contribution is 2.30. The highest BCUT2D eigenvalue weighted by atomic mass is 79.9. The minimum atomic E-state index is -3.42.